The molecule has 0 aliphatic carbocycles. The van der Waals surface area contributed by atoms with Crippen molar-refractivity contribution >= 4 is 11.8 Å². The Kier molecular flexibility index (Phi) is 3.79. The lowest BCUT2D eigenvalue weighted by Gasteiger charge is -2.36. The highest BCUT2D eigenvalue weighted by Crippen LogP contribution is 2.53. The zero-order valence-electron chi connectivity index (χ0n) is 14.3. The number of benzene rings is 1. The van der Waals surface area contributed by atoms with Gasteiger partial charge in [0, 0.05) is 24.6 Å². The molecule has 3 rings (SSSR count). The van der Waals surface area contributed by atoms with E-state index in [1.165, 1.54) is 12.1 Å². The Bertz CT molecular complexity index is 667. The zero-order valence-corrected chi connectivity index (χ0v) is 14.3. The average molecular weight is 334 g/mol. The smallest absolute Gasteiger partial charge is 0.410 e. The minimum atomic E-state index is -0.534. The number of fused-ring (bicyclic) bond motifs is 1. The molecule has 130 valence electrons. The van der Waals surface area contributed by atoms with E-state index in [4.69, 9.17) is 9.47 Å². The fraction of sp³-hybridized carbons (Fsp3) is 0.588. The summed E-state index contributed by atoms with van der Waals surface area (Å²) < 4.78 is 11.4. The van der Waals surface area contributed by atoms with Gasteiger partial charge in [0.15, 0.2) is 0 Å². The molecule has 24 heavy (non-hydrogen) atoms. The van der Waals surface area contributed by atoms with Crippen molar-refractivity contribution in [1.29, 1.82) is 0 Å². The maximum absolute atomic E-state index is 12.3. The SMILES string of the molecule is C[C@@H]1C[C@@]2(c3ccc([N+](=O)[O-])cc3)O[C@H]2CN1C(=O)OC(C)(C)C. The fourth-order valence-electron chi connectivity index (χ4n) is 3.30. The number of ether oxygens (including phenoxy) is 2. The van der Waals surface area contributed by atoms with Gasteiger partial charge in [-0.1, -0.05) is 0 Å². The first-order valence-electron chi connectivity index (χ1n) is 8.05. The number of carbonyl (C=O) groups excluding carboxylic acids is 1. The lowest BCUT2D eigenvalue weighted by atomic mass is 9.85. The van der Waals surface area contributed by atoms with Gasteiger partial charge < -0.3 is 14.4 Å². The van der Waals surface area contributed by atoms with Crippen LogP contribution >= 0.6 is 0 Å². The van der Waals surface area contributed by atoms with Crippen LogP contribution in [-0.2, 0) is 15.1 Å². The van der Waals surface area contributed by atoms with Crippen LogP contribution in [0.1, 0.15) is 39.7 Å². The monoisotopic (exact) mass is 334 g/mol. The molecule has 0 spiro atoms. The van der Waals surface area contributed by atoms with E-state index < -0.39 is 16.1 Å². The van der Waals surface area contributed by atoms with E-state index in [1.54, 1.807) is 17.0 Å². The van der Waals surface area contributed by atoms with Crippen LogP contribution in [0.4, 0.5) is 10.5 Å². The Balaban J connectivity index is 1.73. The minimum Gasteiger partial charge on any atom is -0.444 e. The highest BCUT2D eigenvalue weighted by atomic mass is 16.6. The lowest BCUT2D eigenvalue weighted by Crippen LogP contribution is -2.49. The molecular formula is C17H22N2O5. The molecule has 1 aromatic carbocycles. The lowest BCUT2D eigenvalue weighted by molar-refractivity contribution is -0.384. The molecule has 2 fully saturated rings. The number of rotatable bonds is 2. The summed E-state index contributed by atoms with van der Waals surface area (Å²) in [6.45, 7) is 7.96. The van der Waals surface area contributed by atoms with Gasteiger partial charge in [0.05, 0.1) is 11.5 Å². The second-order valence-corrected chi connectivity index (χ2v) is 7.49. The number of hydrogen-bond donors (Lipinski definition) is 0. The number of nitro benzene ring substituents is 1. The maximum atomic E-state index is 12.3. The Morgan fingerprint density at radius 2 is 2.00 bits per heavy atom. The van der Waals surface area contributed by atoms with Crippen molar-refractivity contribution in [3.8, 4) is 0 Å². The molecule has 0 N–H and O–H groups in total. The van der Waals surface area contributed by atoms with E-state index in [-0.39, 0.29) is 23.9 Å². The number of likely N-dealkylation sites (tertiary alicyclic amines) is 1. The molecule has 0 bridgehead atoms. The number of non-ortho nitro benzene ring substituents is 1. The molecular weight excluding hydrogens is 312 g/mol. The highest BCUT2D eigenvalue weighted by molar-refractivity contribution is 5.69. The maximum Gasteiger partial charge on any atom is 0.410 e. The summed E-state index contributed by atoms with van der Waals surface area (Å²) in [6.07, 6.45) is 0.222. The van der Waals surface area contributed by atoms with Crippen molar-refractivity contribution in [1.82, 2.24) is 4.90 Å². The first kappa shape index (κ1) is 16.7. The predicted molar refractivity (Wildman–Crippen MR) is 86.7 cm³/mol. The summed E-state index contributed by atoms with van der Waals surface area (Å²) in [5, 5.41) is 10.8. The number of nitro groups is 1. The van der Waals surface area contributed by atoms with Gasteiger partial charge in [-0.25, -0.2) is 4.79 Å². The molecule has 1 aromatic rings. The summed E-state index contributed by atoms with van der Waals surface area (Å²) in [5.41, 5.74) is 0.0154. The van der Waals surface area contributed by atoms with E-state index in [0.717, 1.165) is 5.56 Å². The number of epoxide rings is 1. The molecule has 2 heterocycles. The van der Waals surface area contributed by atoms with Crippen LogP contribution in [0.2, 0.25) is 0 Å². The molecule has 0 unspecified atom stereocenters. The molecule has 0 aromatic heterocycles. The van der Waals surface area contributed by atoms with Gasteiger partial charge in [-0.3, -0.25) is 10.1 Å². The molecule has 7 heteroatoms. The fourth-order valence-corrected chi connectivity index (χ4v) is 3.30. The summed E-state index contributed by atoms with van der Waals surface area (Å²) in [6, 6.07) is 6.44. The van der Waals surface area contributed by atoms with Gasteiger partial charge in [0.2, 0.25) is 0 Å². The van der Waals surface area contributed by atoms with Crippen LogP contribution in [0, 0.1) is 10.1 Å². The average Bonchev–Trinajstić information content (AvgIpc) is 3.19. The molecule has 7 nitrogen and oxygen atoms in total. The van der Waals surface area contributed by atoms with Gasteiger partial charge >= 0.3 is 6.09 Å². The molecule has 3 atom stereocenters. The van der Waals surface area contributed by atoms with Gasteiger partial charge in [-0.05, 0) is 45.4 Å². The zero-order chi connectivity index (χ0) is 17.7. The second-order valence-electron chi connectivity index (χ2n) is 7.49. The second kappa shape index (κ2) is 5.44. The topological polar surface area (TPSA) is 85.2 Å². The Morgan fingerprint density at radius 1 is 1.38 bits per heavy atom. The number of carbonyl (C=O) groups is 1. The predicted octanol–water partition coefficient (Wildman–Crippen LogP) is 3.22. The van der Waals surface area contributed by atoms with Gasteiger partial charge in [0.25, 0.3) is 5.69 Å². The third-order valence-electron chi connectivity index (χ3n) is 4.50. The van der Waals surface area contributed by atoms with Crippen LogP contribution in [0.15, 0.2) is 24.3 Å². The van der Waals surface area contributed by atoms with Crippen LogP contribution in [0.25, 0.3) is 0 Å². The van der Waals surface area contributed by atoms with Crippen molar-refractivity contribution in [2.75, 3.05) is 6.54 Å². The first-order chi connectivity index (χ1) is 11.1. The van der Waals surface area contributed by atoms with Crippen LogP contribution < -0.4 is 0 Å². The highest BCUT2D eigenvalue weighted by Gasteiger charge is 2.62. The van der Waals surface area contributed by atoms with Gasteiger partial charge in [0.1, 0.15) is 17.3 Å². The van der Waals surface area contributed by atoms with Crippen molar-refractivity contribution in [3.05, 3.63) is 39.9 Å². The summed E-state index contributed by atoms with van der Waals surface area (Å²) in [7, 11) is 0. The van der Waals surface area contributed by atoms with Crippen molar-refractivity contribution < 1.29 is 19.2 Å². The van der Waals surface area contributed by atoms with E-state index in [9.17, 15) is 14.9 Å². The summed E-state index contributed by atoms with van der Waals surface area (Å²) in [4.78, 5) is 24.4. The molecule has 0 radical (unpaired) electrons. The number of amides is 1. The van der Waals surface area contributed by atoms with E-state index in [0.29, 0.717) is 13.0 Å². The number of hydrogen-bond acceptors (Lipinski definition) is 5. The summed E-state index contributed by atoms with van der Waals surface area (Å²) >= 11 is 0. The van der Waals surface area contributed by atoms with Gasteiger partial charge in [-0.15, -0.1) is 0 Å². The standard InChI is InChI=1S/C17H22N2O5/c1-11-9-17(12-5-7-13(8-6-12)19(21)22)14(23-17)10-18(11)15(20)24-16(2,3)4/h5-8,11,14H,9-10H2,1-4H3/t11-,14+,17+/m1/s1. The van der Waals surface area contributed by atoms with E-state index >= 15 is 0 Å². The van der Waals surface area contributed by atoms with Gasteiger partial charge in [-0.2, -0.15) is 0 Å². The Labute approximate surface area is 140 Å². The third kappa shape index (κ3) is 2.96. The van der Waals surface area contributed by atoms with E-state index in [1.807, 2.05) is 27.7 Å². The quantitative estimate of drug-likeness (QED) is 0.471. The molecule has 2 saturated heterocycles. The number of nitrogens with zero attached hydrogens (tertiary/aromatic N) is 2. The van der Waals surface area contributed by atoms with Crippen molar-refractivity contribution in [3.63, 3.8) is 0 Å². The van der Waals surface area contributed by atoms with Crippen LogP contribution in [0.5, 0.6) is 0 Å². The molecule has 0 saturated carbocycles. The Morgan fingerprint density at radius 3 is 2.54 bits per heavy atom. The molecule has 1 amide bonds. The largest absolute Gasteiger partial charge is 0.444 e. The van der Waals surface area contributed by atoms with Crippen LogP contribution in [0.3, 0.4) is 0 Å². The minimum absolute atomic E-state index is 0.0335. The molecule has 2 aliphatic rings. The Hall–Kier alpha value is -2.15. The summed E-state index contributed by atoms with van der Waals surface area (Å²) in [5.74, 6) is 0. The first-order valence-corrected chi connectivity index (χ1v) is 8.05. The van der Waals surface area contributed by atoms with Crippen molar-refractivity contribution in [2.24, 2.45) is 0 Å². The van der Waals surface area contributed by atoms with Crippen molar-refractivity contribution in [2.45, 2.75) is 57.5 Å². The normalized spacial score (nSPS) is 28.9. The number of piperidine rings is 1. The third-order valence-corrected chi connectivity index (χ3v) is 4.50. The van der Waals surface area contributed by atoms with Crippen LogP contribution in [-0.4, -0.2) is 40.2 Å². The van der Waals surface area contributed by atoms with E-state index in [2.05, 4.69) is 0 Å². The molecule has 2 aliphatic heterocycles.